The zero-order valence-electron chi connectivity index (χ0n) is 6.03. The molecule has 0 bridgehead atoms. The van der Waals surface area contributed by atoms with Gasteiger partial charge in [-0.15, -0.1) is 0 Å². The molecule has 2 rings (SSSR count). The van der Waals surface area contributed by atoms with Gasteiger partial charge >= 0.3 is 0 Å². The quantitative estimate of drug-likeness (QED) is 0.599. The molecule has 0 aliphatic carbocycles. The van der Waals surface area contributed by atoms with Crippen LogP contribution in [0.1, 0.15) is 12.0 Å². The molecule has 0 atom stereocenters. The van der Waals surface area contributed by atoms with E-state index in [-0.39, 0.29) is 0 Å². The Kier molecular flexibility index (Phi) is 1.55. The minimum Gasteiger partial charge on any atom is -0.395 e. The Morgan fingerprint density at radius 2 is 2.45 bits per heavy atom. The average Bonchev–Trinajstić information content (AvgIpc) is 2.58. The van der Waals surface area contributed by atoms with Gasteiger partial charge in [0.2, 0.25) is 0 Å². The summed E-state index contributed by atoms with van der Waals surface area (Å²) >= 11 is 0. The van der Waals surface area contributed by atoms with Crippen molar-refractivity contribution in [1.82, 2.24) is 4.98 Å². The molecule has 0 amide bonds. The van der Waals surface area contributed by atoms with Crippen molar-refractivity contribution < 1.29 is 4.84 Å². The summed E-state index contributed by atoms with van der Waals surface area (Å²) in [6.07, 6.45) is 4.44. The van der Waals surface area contributed by atoms with Gasteiger partial charge < -0.3 is 4.84 Å². The third-order valence-electron chi connectivity index (χ3n) is 1.60. The van der Waals surface area contributed by atoms with Crippen molar-refractivity contribution >= 4 is 5.71 Å². The van der Waals surface area contributed by atoms with E-state index in [0.717, 1.165) is 17.7 Å². The Bertz CT molecular complexity index is 269. The number of hydrogen-bond donors (Lipinski definition) is 0. The van der Waals surface area contributed by atoms with E-state index in [1.807, 2.05) is 12.1 Å². The van der Waals surface area contributed by atoms with Gasteiger partial charge in [0.05, 0.1) is 5.71 Å². The van der Waals surface area contributed by atoms with Gasteiger partial charge in [0.25, 0.3) is 0 Å². The van der Waals surface area contributed by atoms with E-state index in [0.29, 0.717) is 6.61 Å². The lowest BCUT2D eigenvalue weighted by Crippen LogP contribution is -1.96. The first-order valence-corrected chi connectivity index (χ1v) is 3.56. The zero-order chi connectivity index (χ0) is 7.52. The molecule has 2 heterocycles. The Hall–Kier alpha value is -1.38. The van der Waals surface area contributed by atoms with Gasteiger partial charge in [-0.1, -0.05) is 5.16 Å². The van der Waals surface area contributed by atoms with Crippen LogP contribution in [0.4, 0.5) is 0 Å². The molecule has 0 saturated heterocycles. The molecule has 0 spiro atoms. The van der Waals surface area contributed by atoms with Gasteiger partial charge in [-0.05, 0) is 12.1 Å². The van der Waals surface area contributed by atoms with Crippen molar-refractivity contribution in [2.24, 2.45) is 5.16 Å². The smallest absolute Gasteiger partial charge is 0.122 e. The molecular weight excluding hydrogens is 140 g/mol. The summed E-state index contributed by atoms with van der Waals surface area (Å²) in [6.45, 7) is 0.699. The highest BCUT2D eigenvalue weighted by Gasteiger charge is 2.09. The third kappa shape index (κ3) is 1.22. The van der Waals surface area contributed by atoms with Gasteiger partial charge in [-0.3, -0.25) is 4.98 Å². The topological polar surface area (TPSA) is 34.5 Å². The number of hydrogen-bond acceptors (Lipinski definition) is 3. The maximum Gasteiger partial charge on any atom is 0.122 e. The molecule has 56 valence electrons. The molecule has 0 N–H and O–H groups in total. The van der Waals surface area contributed by atoms with E-state index in [4.69, 9.17) is 4.84 Å². The fourth-order valence-corrected chi connectivity index (χ4v) is 1.04. The van der Waals surface area contributed by atoms with Gasteiger partial charge in [0, 0.05) is 24.4 Å². The Balaban J connectivity index is 2.29. The fraction of sp³-hybridized carbons (Fsp3) is 0.250. The molecule has 0 saturated carbocycles. The lowest BCUT2D eigenvalue weighted by molar-refractivity contribution is 0.174. The highest BCUT2D eigenvalue weighted by atomic mass is 16.6. The molecular formula is C8H8N2O. The van der Waals surface area contributed by atoms with Crippen molar-refractivity contribution in [3.8, 4) is 0 Å². The molecule has 3 heteroatoms. The third-order valence-corrected chi connectivity index (χ3v) is 1.60. The number of aromatic nitrogens is 1. The van der Waals surface area contributed by atoms with Crippen molar-refractivity contribution in [2.75, 3.05) is 6.61 Å². The number of rotatable bonds is 1. The molecule has 1 aliphatic rings. The van der Waals surface area contributed by atoms with Crippen molar-refractivity contribution in [1.29, 1.82) is 0 Å². The Labute approximate surface area is 64.7 Å². The summed E-state index contributed by atoms with van der Waals surface area (Å²) in [4.78, 5) is 8.86. The van der Waals surface area contributed by atoms with Crippen LogP contribution in [-0.4, -0.2) is 17.3 Å². The van der Waals surface area contributed by atoms with Crippen LogP contribution in [0.5, 0.6) is 0 Å². The lowest BCUT2D eigenvalue weighted by Gasteiger charge is -1.93. The molecule has 1 aromatic rings. The van der Waals surface area contributed by atoms with Crippen LogP contribution in [0, 0.1) is 0 Å². The average molecular weight is 148 g/mol. The largest absolute Gasteiger partial charge is 0.395 e. The van der Waals surface area contributed by atoms with Crippen LogP contribution in [0.3, 0.4) is 0 Å². The molecule has 3 nitrogen and oxygen atoms in total. The predicted molar refractivity (Wildman–Crippen MR) is 41.3 cm³/mol. The Morgan fingerprint density at radius 3 is 3.09 bits per heavy atom. The summed E-state index contributed by atoms with van der Waals surface area (Å²) in [7, 11) is 0. The van der Waals surface area contributed by atoms with Gasteiger partial charge in [0.1, 0.15) is 6.61 Å². The summed E-state index contributed by atoms with van der Waals surface area (Å²) in [5.74, 6) is 0. The van der Waals surface area contributed by atoms with E-state index < -0.39 is 0 Å². The summed E-state index contributed by atoms with van der Waals surface area (Å²) < 4.78 is 0. The molecule has 0 radical (unpaired) electrons. The van der Waals surface area contributed by atoms with Crippen LogP contribution in [0.15, 0.2) is 29.7 Å². The molecule has 0 unspecified atom stereocenters. The number of oxime groups is 1. The first-order valence-electron chi connectivity index (χ1n) is 3.56. The number of nitrogens with zero attached hydrogens (tertiary/aromatic N) is 2. The molecule has 1 aliphatic heterocycles. The van der Waals surface area contributed by atoms with Gasteiger partial charge in [-0.25, -0.2) is 0 Å². The van der Waals surface area contributed by atoms with Crippen LogP contribution in [0.25, 0.3) is 0 Å². The van der Waals surface area contributed by atoms with Crippen molar-refractivity contribution in [3.63, 3.8) is 0 Å². The van der Waals surface area contributed by atoms with Crippen LogP contribution in [0.2, 0.25) is 0 Å². The molecule has 11 heavy (non-hydrogen) atoms. The van der Waals surface area contributed by atoms with Crippen molar-refractivity contribution in [3.05, 3.63) is 30.1 Å². The van der Waals surface area contributed by atoms with E-state index in [1.165, 1.54) is 0 Å². The second-order valence-electron chi connectivity index (χ2n) is 2.36. The predicted octanol–water partition coefficient (Wildman–Crippen LogP) is 1.21. The monoisotopic (exact) mass is 148 g/mol. The first kappa shape index (κ1) is 6.34. The normalized spacial score (nSPS) is 15.8. The van der Waals surface area contributed by atoms with Crippen molar-refractivity contribution in [2.45, 2.75) is 6.42 Å². The summed E-state index contributed by atoms with van der Waals surface area (Å²) in [6, 6.07) is 3.89. The molecule has 0 aromatic carbocycles. The summed E-state index contributed by atoms with van der Waals surface area (Å²) in [5, 5.41) is 3.88. The van der Waals surface area contributed by atoms with Gasteiger partial charge in [0.15, 0.2) is 0 Å². The zero-order valence-corrected chi connectivity index (χ0v) is 6.03. The van der Waals surface area contributed by atoms with E-state index in [9.17, 15) is 0 Å². The highest BCUT2D eigenvalue weighted by Crippen LogP contribution is 2.08. The highest BCUT2D eigenvalue weighted by molar-refractivity contribution is 6.00. The maximum absolute atomic E-state index is 4.87. The molecule has 1 aromatic heterocycles. The van der Waals surface area contributed by atoms with Crippen LogP contribution in [-0.2, 0) is 4.84 Å². The maximum atomic E-state index is 4.87. The second kappa shape index (κ2) is 2.70. The van der Waals surface area contributed by atoms with E-state index in [2.05, 4.69) is 10.1 Å². The second-order valence-corrected chi connectivity index (χ2v) is 2.36. The van der Waals surface area contributed by atoms with Crippen LogP contribution >= 0.6 is 0 Å². The van der Waals surface area contributed by atoms with E-state index in [1.54, 1.807) is 12.4 Å². The number of pyridine rings is 1. The molecule has 0 fully saturated rings. The first-order chi connectivity index (χ1) is 5.47. The van der Waals surface area contributed by atoms with E-state index >= 15 is 0 Å². The van der Waals surface area contributed by atoms with Crippen LogP contribution < -0.4 is 0 Å². The van der Waals surface area contributed by atoms with Gasteiger partial charge in [-0.2, -0.15) is 0 Å². The summed E-state index contributed by atoms with van der Waals surface area (Å²) in [5.41, 5.74) is 2.06. The fourth-order valence-electron chi connectivity index (χ4n) is 1.04. The Morgan fingerprint density at radius 1 is 1.45 bits per heavy atom. The minimum atomic E-state index is 0.699. The standard InChI is InChI=1S/C8H8N2O/c1-2-7(6-9-4-1)8-3-5-11-10-8/h1-2,4,6H,3,5H2. The minimum absolute atomic E-state index is 0.699. The SMILES string of the molecule is c1cncc(C2=NOCC2)c1. The lowest BCUT2D eigenvalue weighted by atomic mass is 10.1.